The number of anilines is 1. The average molecular weight is 379 g/mol. The highest BCUT2D eigenvalue weighted by Gasteiger charge is 2.36. The van der Waals surface area contributed by atoms with Gasteiger partial charge in [0.15, 0.2) is 0 Å². The van der Waals surface area contributed by atoms with Crippen LogP contribution in [0, 0.1) is 0 Å². The van der Waals surface area contributed by atoms with Crippen LogP contribution in [0.3, 0.4) is 0 Å². The highest BCUT2D eigenvalue weighted by atomic mass is 32.2. The molecule has 24 heavy (non-hydrogen) atoms. The van der Waals surface area contributed by atoms with Gasteiger partial charge in [0.05, 0.1) is 16.5 Å². The molecular formula is C14H16F3N3O2S2. The first kappa shape index (κ1) is 18.7. The SMILES string of the molecule is CCc1cnc(C(C)Nc2ccc(S(N)(=O)=O)c(C(F)(F)F)c2)s1. The van der Waals surface area contributed by atoms with Crippen LogP contribution in [-0.4, -0.2) is 13.4 Å². The summed E-state index contributed by atoms with van der Waals surface area (Å²) >= 11 is 1.47. The van der Waals surface area contributed by atoms with Gasteiger partial charge in [0, 0.05) is 16.8 Å². The molecule has 0 radical (unpaired) electrons. The van der Waals surface area contributed by atoms with Crippen LogP contribution in [0.1, 0.15) is 35.3 Å². The van der Waals surface area contributed by atoms with Gasteiger partial charge in [-0.3, -0.25) is 0 Å². The van der Waals surface area contributed by atoms with Gasteiger partial charge >= 0.3 is 6.18 Å². The van der Waals surface area contributed by atoms with Crippen LogP contribution >= 0.6 is 11.3 Å². The Labute approximate surface area is 141 Å². The Morgan fingerprint density at radius 2 is 2.04 bits per heavy atom. The van der Waals surface area contributed by atoms with Gasteiger partial charge in [0.2, 0.25) is 10.0 Å². The molecule has 1 unspecified atom stereocenters. The van der Waals surface area contributed by atoms with E-state index in [1.165, 1.54) is 17.4 Å². The van der Waals surface area contributed by atoms with Gasteiger partial charge < -0.3 is 5.32 Å². The molecule has 0 saturated carbocycles. The molecule has 1 atom stereocenters. The second-order valence-corrected chi connectivity index (χ2v) is 7.81. The van der Waals surface area contributed by atoms with E-state index in [0.717, 1.165) is 28.4 Å². The number of benzene rings is 1. The fraction of sp³-hybridized carbons (Fsp3) is 0.357. The molecule has 0 aliphatic heterocycles. The zero-order valence-electron chi connectivity index (χ0n) is 12.9. The average Bonchev–Trinajstić information content (AvgIpc) is 2.94. The van der Waals surface area contributed by atoms with E-state index < -0.39 is 26.7 Å². The summed E-state index contributed by atoms with van der Waals surface area (Å²) in [6.07, 6.45) is -2.28. The molecule has 1 aromatic carbocycles. The van der Waals surface area contributed by atoms with E-state index in [-0.39, 0.29) is 11.7 Å². The largest absolute Gasteiger partial charge is 0.417 e. The van der Waals surface area contributed by atoms with Gasteiger partial charge in [0.25, 0.3) is 0 Å². The zero-order chi connectivity index (χ0) is 18.1. The fourth-order valence-corrected chi connectivity index (χ4v) is 3.69. The van der Waals surface area contributed by atoms with Crippen molar-refractivity contribution >= 4 is 27.0 Å². The van der Waals surface area contributed by atoms with Crippen molar-refractivity contribution in [1.82, 2.24) is 4.98 Å². The summed E-state index contributed by atoms with van der Waals surface area (Å²) < 4.78 is 62.0. The highest BCUT2D eigenvalue weighted by molar-refractivity contribution is 7.89. The lowest BCUT2D eigenvalue weighted by molar-refractivity contribution is -0.139. The minimum Gasteiger partial charge on any atom is -0.376 e. The fourth-order valence-electron chi connectivity index (χ4n) is 2.09. The molecule has 0 fully saturated rings. The Balaban J connectivity index is 2.35. The number of rotatable bonds is 5. The molecular weight excluding hydrogens is 363 g/mol. The molecule has 10 heteroatoms. The van der Waals surface area contributed by atoms with Crippen molar-refractivity contribution in [1.29, 1.82) is 0 Å². The first-order valence-corrected chi connectivity index (χ1v) is 9.34. The molecule has 1 heterocycles. The summed E-state index contributed by atoms with van der Waals surface area (Å²) in [7, 11) is -4.47. The van der Waals surface area contributed by atoms with Crippen molar-refractivity contribution in [2.75, 3.05) is 5.32 Å². The Bertz CT molecular complexity index is 832. The maximum Gasteiger partial charge on any atom is 0.417 e. The van der Waals surface area contributed by atoms with Gasteiger partial charge in [-0.1, -0.05) is 6.92 Å². The summed E-state index contributed by atoms with van der Waals surface area (Å²) in [5.74, 6) is 0. The highest BCUT2D eigenvalue weighted by Crippen LogP contribution is 2.36. The third-order valence-corrected chi connectivity index (χ3v) is 5.56. The number of nitrogens with two attached hydrogens (primary N) is 1. The van der Waals surface area contributed by atoms with Crippen molar-refractivity contribution in [3.63, 3.8) is 0 Å². The molecule has 132 valence electrons. The van der Waals surface area contributed by atoms with Gasteiger partial charge in [-0.2, -0.15) is 13.2 Å². The van der Waals surface area contributed by atoms with E-state index in [2.05, 4.69) is 10.3 Å². The molecule has 0 aliphatic carbocycles. The first-order chi connectivity index (χ1) is 11.0. The van der Waals surface area contributed by atoms with E-state index in [1.807, 2.05) is 6.92 Å². The maximum atomic E-state index is 13.1. The van der Waals surface area contributed by atoms with Gasteiger partial charge in [0.1, 0.15) is 5.01 Å². The topological polar surface area (TPSA) is 85.1 Å². The van der Waals surface area contributed by atoms with Crippen LogP contribution in [0.2, 0.25) is 0 Å². The summed E-state index contributed by atoms with van der Waals surface area (Å²) in [6, 6.07) is 2.52. The zero-order valence-corrected chi connectivity index (χ0v) is 14.5. The minimum absolute atomic E-state index is 0.135. The van der Waals surface area contributed by atoms with Crippen molar-refractivity contribution < 1.29 is 21.6 Å². The molecule has 0 aliphatic rings. The summed E-state index contributed by atoms with van der Waals surface area (Å²) in [5.41, 5.74) is -1.16. The normalized spacial score (nSPS) is 13.8. The number of nitrogens with one attached hydrogen (secondary N) is 1. The van der Waals surface area contributed by atoms with Crippen LogP contribution in [0.25, 0.3) is 0 Å². The molecule has 0 saturated heterocycles. The Morgan fingerprint density at radius 1 is 1.38 bits per heavy atom. The number of hydrogen-bond acceptors (Lipinski definition) is 5. The second kappa shape index (κ2) is 6.69. The molecule has 0 amide bonds. The Morgan fingerprint density at radius 3 is 2.54 bits per heavy atom. The molecule has 2 aromatic rings. The Kier molecular flexibility index (Phi) is 5.21. The molecule has 0 spiro atoms. The van der Waals surface area contributed by atoms with Gasteiger partial charge in [-0.25, -0.2) is 18.5 Å². The molecule has 0 bridgehead atoms. The van der Waals surface area contributed by atoms with Gasteiger partial charge in [-0.05, 0) is 31.5 Å². The summed E-state index contributed by atoms with van der Waals surface area (Å²) in [6.45, 7) is 3.75. The molecule has 3 N–H and O–H groups in total. The van der Waals surface area contributed by atoms with E-state index >= 15 is 0 Å². The van der Waals surface area contributed by atoms with E-state index in [4.69, 9.17) is 5.14 Å². The van der Waals surface area contributed by atoms with Crippen LogP contribution in [0.4, 0.5) is 18.9 Å². The predicted octanol–water partition coefficient (Wildman–Crippen LogP) is 3.54. The van der Waals surface area contributed by atoms with Crippen LogP contribution in [-0.2, 0) is 22.6 Å². The summed E-state index contributed by atoms with van der Waals surface area (Å²) in [5, 5.41) is 8.49. The quantitative estimate of drug-likeness (QED) is 0.832. The lowest BCUT2D eigenvalue weighted by atomic mass is 10.2. The number of alkyl halides is 3. The van der Waals surface area contributed by atoms with Crippen molar-refractivity contribution in [2.45, 2.75) is 37.4 Å². The lowest BCUT2D eigenvalue weighted by Gasteiger charge is -2.17. The van der Waals surface area contributed by atoms with Crippen LogP contribution < -0.4 is 10.5 Å². The predicted molar refractivity (Wildman–Crippen MR) is 86.3 cm³/mol. The lowest BCUT2D eigenvalue weighted by Crippen LogP contribution is -2.19. The number of primary sulfonamides is 1. The van der Waals surface area contributed by atoms with E-state index in [0.29, 0.717) is 0 Å². The van der Waals surface area contributed by atoms with Crippen LogP contribution in [0.15, 0.2) is 29.3 Å². The van der Waals surface area contributed by atoms with Gasteiger partial charge in [-0.15, -0.1) is 11.3 Å². The van der Waals surface area contributed by atoms with Crippen molar-refractivity contribution in [2.24, 2.45) is 5.14 Å². The monoisotopic (exact) mass is 379 g/mol. The first-order valence-electron chi connectivity index (χ1n) is 6.97. The summed E-state index contributed by atoms with van der Waals surface area (Å²) in [4.78, 5) is 4.35. The van der Waals surface area contributed by atoms with E-state index in [9.17, 15) is 21.6 Å². The number of nitrogens with zero attached hydrogens (tertiary/aromatic N) is 1. The van der Waals surface area contributed by atoms with Crippen LogP contribution in [0.5, 0.6) is 0 Å². The number of aryl methyl sites for hydroxylation is 1. The van der Waals surface area contributed by atoms with E-state index in [1.54, 1.807) is 13.1 Å². The number of halogens is 3. The third-order valence-electron chi connectivity index (χ3n) is 3.26. The maximum absolute atomic E-state index is 13.1. The standard InChI is InChI=1S/C14H16F3N3O2S2/c1-3-10-7-19-13(23-10)8(2)20-9-4-5-12(24(18,21)22)11(6-9)14(15,16)17/h4-8,20H,3H2,1-2H3,(H2,18,21,22). The third kappa shape index (κ3) is 4.25. The molecule has 1 aromatic heterocycles. The molecule has 5 nitrogen and oxygen atoms in total. The Hall–Kier alpha value is -1.65. The van der Waals surface area contributed by atoms with Crippen molar-refractivity contribution in [3.8, 4) is 0 Å². The number of sulfonamides is 1. The van der Waals surface area contributed by atoms with Crippen molar-refractivity contribution in [3.05, 3.63) is 39.8 Å². The second-order valence-electron chi connectivity index (χ2n) is 5.14. The minimum atomic E-state index is -4.83. The number of hydrogen-bond donors (Lipinski definition) is 2. The number of thiazole rings is 1. The number of aromatic nitrogens is 1. The smallest absolute Gasteiger partial charge is 0.376 e. The molecule has 2 rings (SSSR count).